The van der Waals surface area contributed by atoms with E-state index in [-0.39, 0.29) is 5.91 Å². The number of para-hydroxylation sites is 1. The maximum absolute atomic E-state index is 12.7. The number of nitrogens with one attached hydrogen (secondary N) is 1. The molecule has 3 heterocycles. The topological polar surface area (TPSA) is 61.6 Å². The van der Waals surface area contributed by atoms with Gasteiger partial charge in [0.25, 0.3) is 5.91 Å². The monoisotopic (exact) mass is 426 g/mol. The van der Waals surface area contributed by atoms with E-state index in [1.807, 2.05) is 48.7 Å². The molecule has 5 rings (SSSR count). The van der Waals surface area contributed by atoms with Crippen LogP contribution in [0.3, 0.4) is 0 Å². The molecule has 2 aromatic carbocycles. The maximum atomic E-state index is 12.7. The van der Waals surface area contributed by atoms with E-state index >= 15 is 0 Å². The Morgan fingerprint density at radius 1 is 0.938 bits per heavy atom. The molecule has 1 aliphatic heterocycles. The highest BCUT2D eigenvalue weighted by Gasteiger charge is 2.20. The highest BCUT2D eigenvalue weighted by atomic mass is 16.3. The number of carbonyl (C=O) groups excluding carboxylic acids is 1. The number of hydrogen-bond acceptors (Lipinski definition) is 5. The van der Waals surface area contributed by atoms with Gasteiger partial charge in [-0.1, -0.05) is 24.3 Å². The fourth-order valence-corrected chi connectivity index (χ4v) is 4.22. The number of hydrogen-bond donors (Lipinski definition) is 1. The largest absolute Gasteiger partial charge is 0.469 e. The van der Waals surface area contributed by atoms with Crippen LogP contribution in [0, 0.1) is 0 Å². The Labute approximate surface area is 187 Å². The number of anilines is 2. The van der Waals surface area contributed by atoms with Crippen molar-refractivity contribution >= 4 is 28.2 Å². The second-order valence-electron chi connectivity index (χ2n) is 7.97. The van der Waals surface area contributed by atoms with E-state index in [0.29, 0.717) is 18.5 Å². The van der Waals surface area contributed by atoms with Gasteiger partial charge in [-0.2, -0.15) is 0 Å². The number of pyridine rings is 1. The molecule has 1 fully saturated rings. The number of carbonyl (C=O) groups is 1. The summed E-state index contributed by atoms with van der Waals surface area (Å²) in [5.74, 6) is 1.73. The van der Waals surface area contributed by atoms with Crippen LogP contribution in [0.15, 0.2) is 83.6 Å². The van der Waals surface area contributed by atoms with Crippen LogP contribution in [0.2, 0.25) is 0 Å². The first-order valence-electron chi connectivity index (χ1n) is 11.0. The number of furan rings is 1. The fourth-order valence-electron chi connectivity index (χ4n) is 4.22. The third-order valence-electron chi connectivity index (χ3n) is 5.94. The van der Waals surface area contributed by atoms with Gasteiger partial charge in [-0.05, 0) is 47.9 Å². The average molecular weight is 427 g/mol. The van der Waals surface area contributed by atoms with Gasteiger partial charge in [0.05, 0.1) is 6.26 Å². The van der Waals surface area contributed by atoms with Crippen molar-refractivity contribution in [2.24, 2.45) is 0 Å². The van der Waals surface area contributed by atoms with Crippen molar-refractivity contribution in [3.63, 3.8) is 0 Å². The second-order valence-corrected chi connectivity index (χ2v) is 7.97. The summed E-state index contributed by atoms with van der Waals surface area (Å²) in [6.45, 7) is 4.19. The predicted octanol–water partition coefficient (Wildman–Crippen LogP) is 4.13. The van der Waals surface area contributed by atoms with Crippen molar-refractivity contribution < 1.29 is 9.21 Å². The van der Waals surface area contributed by atoms with Gasteiger partial charge in [0, 0.05) is 62.0 Å². The summed E-state index contributed by atoms with van der Waals surface area (Å²) in [6.07, 6.45) is 4.17. The molecule has 4 aromatic rings. The van der Waals surface area contributed by atoms with Crippen molar-refractivity contribution in [2.45, 2.75) is 6.42 Å². The molecular weight excluding hydrogens is 400 g/mol. The first kappa shape index (κ1) is 20.1. The summed E-state index contributed by atoms with van der Waals surface area (Å²) in [6, 6.07) is 22.1. The van der Waals surface area contributed by atoms with Gasteiger partial charge < -0.3 is 19.5 Å². The lowest BCUT2D eigenvalue weighted by Crippen LogP contribution is -2.46. The normalized spacial score (nSPS) is 14.0. The third-order valence-corrected chi connectivity index (χ3v) is 5.94. The van der Waals surface area contributed by atoms with Crippen LogP contribution in [0.25, 0.3) is 10.8 Å². The molecule has 1 N–H and O–H groups in total. The Kier molecular flexibility index (Phi) is 5.75. The average Bonchev–Trinajstić information content (AvgIpc) is 3.37. The Balaban J connectivity index is 1.30. The van der Waals surface area contributed by atoms with Gasteiger partial charge >= 0.3 is 0 Å². The molecule has 6 nitrogen and oxygen atoms in total. The summed E-state index contributed by atoms with van der Waals surface area (Å²) < 4.78 is 5.33. The molecule has 1 saturated heterocycles. The Morgan fingerprint density at radius 2 is 1.75 bits per heavy atom. The smallest absolute Gasteiger partial charge is 0.251 e. The standard InChI is InChI=1S/C26H26N4O2/c31-26(28-13-11-23-7-4-18-32-23)21-9-8-20-10-12-27-25(24(20)19-21)30-16-14-29(15-17-30)22-5-2-1-3-6-22/h1-10,12,18-19H,11,13-17H2,(H,28,31). The van der Waals surface area contributed by atoms with Crippen LogP contribution >= 0.6 is 0 Å². The number of fused-ring (bicyclic) bond motifs is 1. The van der Waals surface area contributed by atoms with Crippen LogP contribution in [0.5, 0.6) is 0 Å². The number of amides is 1. The van der Waals surface area contributed by atoms with E-state index < -0.39 is 0 Å². The van der Waals surface area contributed by atoms with E-state index in [9.17, 15) is 4.79 Å². The van der Waals surface area contributed by atoms with Crippen molar-refractivity contribution in [1.82, 2.24) is 10.3 Å². The lowest BCUT2D eigenvalue weighted by atomic mass is 10.1. The quantitative estimate of drug-likeness (QED) is 0.502. The number of rotatable bonds is 6. The van der Waals surface area contributed by atoms with Crippen molar-refractivity contribution in [1.29, 1.82) is 0 Å². The van der Waals surface area contributed by atoms with E-state index in [0.717, 1.165) is 48.5 Å². The van der Waals surface area contributed by atoms with Crippen molar-refractivity contribution in [3.8, 4) is 0 Å². The lowest BCUT2D eigenvalue weighted by Gasteiger charge is -2.37. The minimum absolute atomic E-state index is 0.0813. The summed E-state index contributed by atoms with van der Waals surface area (Å²) in [4.78, 5) is 22.1. The van der Waals surface area contributed by atoms with E-state index in [4.69, 9.17) is 4.42 Å². The first-order chi connectivity index (χ1) is 15.8. The molecule has 2 aromatic heterocycles. The van der Waals surface area contributed by atoms with E-state index in [1.165, 1.54) is 5.69 Å². The molecule has 0 unspecified atom stereocenters. The molecule has 1 amide bonds. The van der Waals surface area contributed by atoms with Gasteiger partial charge in [-0.25, -0.2) is 4.98 Å². The molecule has 0 atom stereocenters. The maximum Gasteiger partial charge on any atom is 0.251 e. The van der Waals surface area contributed by atoms with E-state index in [2.05, 4.69) is 44.4 Å². The molecule has 32 heavy (non-hydrogen) atoms. The third kappa shape index (κ3) is 4.30. The summed E-state index contributed by atoms with van der Waals surface area (Å²) >= 11 is 0. The molecule has 0 spiro atoms. The van der Waals surface area contributed by atoms with Gasteiger partial charge in [-0.3, -0.25) is 4.79 Å². The van der Waals surface area contributed by atoms with Gasteiger partial charge in [0.1, 0.15) is 11.6 Å². The fraction of sp³-hybridized carbons (Fsp3) is 0.231. The minimum atomic E-state index is -0.0813. The van der Waals surface area contributed by atoms with E-state index in [1.54, 1.807) is 6.26 Å². The van der Waals surface area contributed by atoms with Gasteiger partial charge in [0.15, 0.2) is 0 Å². The number of nitrogens with zero attached hydrogens (tertiary/aromatic N) is 3. The molecule has 0 aliphatic carbocycles. The minimum Gasteiger partial charge on any atom is -0.469 e. The van der Waals surface area contributed by atoms with Crippen LogP contribution in [-0.4, -0.2) is 43.6 Å². The van der Waals surface area contributed by atoms with Crippen LogP contribution in [0.4, 0.5) is 11.5 Å². The zero-order valence-electron chi connectivity index (χ0n) is 17.9. The number of piperazine rings is 1. The lowest BCUT2D eigenvalue weighted by molar-refractivity contribution is 0.0954. The van der Waals surface area contributed by atoms with Crippen molar-refractivity contribution in [2.75, 3.05) is 42.5 Å². The molecule has 0 saturated carbocycles. The highest BCUT2D eigenvalue weighted by Crippen LogP contribution is 2.27. The van der Waals surface area contributed by atoms with Crippen LogP contribution in [0.1, 0.15) is 16.1 Å². The predicted molar refractivity (Wildman–Crippen MR) is 127 cm³/mol. The van der Waals surface area contributed by atoms with Gasteiger partial charge in [-0.15, -0.1) is 0 Å². The number of benzene rings is 2. The zero-order chi connectivity index (χ0) is 21.8. The van der Waals surface area contributed by atoms with Crippen molar-refractivity contribution in [3.05, 3.63) is 90.5 Å². The Hall–Kier alpha value is -3.80. The highest BCUT2D eigenvalue weighted by molar-refractivity contribution is 6.01. The molecule has 6 heteroatoms. The first-order valence-corrected chi connectivity index (χ1v) is 11.0. The molecule has 0 bridgehead atoms. The number of aromatic nitrogens is 1. The van der Waals surface area contributed by atoms with Crippen LogP contribution < -0.4 is 15.1 Å². The summed E-state index contributed by atoms with van der Waals surface area (Å²) in [5, 5.41) is 5.09. The molecular formula is C26H26N4O2. The molecule has 1 aliphatic rings. The zero-order valence-corrected chi connectivity index (χ0v) is 17.9. The van der Waals surface area contributed by atoms with Gasteiger partial charge in [0.2, 0.25) is 0 Å². The Bertz CT molecular complexity index is 1180. The molecule has 0 radical (unpaired) electrons. The second kappa shape index (κ2) is 9.14. The molecule has 162 valence electrons. The van der Waals surface area contributed by atoms with Crippen LogP contribution in [-0.2, 0) is 6.42 Å². The summed E-state index contributed by atoms with van der Waals surface area (Å²) in [5.41, 5.74) is 1.90. The Morgan fingerprint density at radius 3 is 2.53 bits per heavy atom. The summed E-state index contributed by atoms with van der Waals surface area (Å²) in [7, 11) is 0. The SMILES string of the molecule is O=C(NCCc1ccco1)c1ccc2ccnc(N3CCN(c4ccccc4)CC3)c2c1.